The summed E-state index contributed by atoms with van der Waals surface area (Å²) in [6.07, 6.45) is 5.35. The fraction of sp³-hybridized carbons (Fsp3) is 0.529. The number of nitrogens with zero attached hydrogens (tertiary/aromatic N) is 1. The summed E-state index contributed by atoms with van der Waals surface area (Å²) in [4.78, 5) is 13.2. The molecule has 2 N–H and O–H groups in total. The van der Waals surface area contributed by atoms with Crippen LogP contribution >= 0.6 is 23.2 Å². The molecule has 1 aliphatic heterocycles. The number of carbonyl (C=O) groups is 1. The molecule has 1 amide bonds. The Balaban J connectivity index is 1.49. The molecule has 124 valence electrons. The van der Waals surface area contributed by atoms with E-state index in [0.29, 0.717) is 6.54 Å². The second kappa shape index (κ2) is 7.20. The van der Waals surface area contributed by atoms with Crippen molar-refractivity contribution in [2.45, 2.75) is 29.5 Å². The van der Waals surface area contributed by atoms with Crippen molar-refractivity contribution in [3.8, 4) is 0 Å². The lowest BCUT2D eigenvalue weighted by Gasteiger charge is -2.22. The Kier molecular flexibility index (Phi) is 5.24. The Labute approximate surface area is 146 Å². The maximum atomic E-state index is 11.9. The summed E-state index contributed by atoms with van der Waals surface area (Å²) in [5.41, 5.74) is 3.70. The monoisotopic (exact) mass is 354 g/mol. The molecule has 2 atom stereocenters. The lowest BCUT2D eigenvalue weighted by Crippen LogP contribution is -3.13. The number of benzene rings is 1. The zero-order valence-corrected chi connectivity index (χ0v) is 14.5. The van der Waals surface area contributed by atoms with Gasteiger partial charge in [-0.25, -0.2) is 5.43 Å². The summed E-state index contributed by atoms with van der Waals surface area (Å²) in [5.74, 6) is -0.0962. The van der Waals surface area contributed by atoms with E-state index in [9.17, 15) is 4.79 Å². The molecule has 0 aromatic heterocycles. The summed E-state index contributed by atoms with van der Waals surface area (Å²) in [6, 6.07) is 9.92. The summed E-state index contributed by atoms with van der Waals surface area (Å²) < 4.78 is -0.840. The van der Waals surface area contributed by atoms with Crippen molar-refractivity contribution in [3.63, 3.8) is 0 Å². The molecule has 0 radical (unpaired) electrons. The van der Waals surface area contributed by atoms with Crippen molar-refractivity contribution >= 4 is 35.3 Å². The number of rotatable bonds is 5. The minimum Gasteiger partial charge on any atom is -0.327 e. The van der Waals surface area contributed by atoms with Crippen LogP contribution in [-0.4, -0.2) is 36.1 Å². The smallest absolute Gasteiger partial charge is 0.295 e. The highest BCUT2D eigenvalue weighted by Gasteiger charge is 2.63. The molecule has 6 heteroatoms. The molecule has 1 aliphatic carbocycles. The molecule has 0 unspecified atom stereocenters. The number of hydrogen-bond donors (Lipinski definition) is 2. The van der Waals surface area contributed by atoms with E-state index >= 15 is 0 Å². The summed E-state index contributed by atoms with van der Waals surface area (Å²) in [5, 5.41) is 4.06. The number of quaternary nitrogens is 1. The first-order chi connectivity index (χ1) is 11.1. The van der Waals surface area contributed by atoms with Gasteiger partial charge in [0.2, 0.25) is 0 Å². The molecule has 0 spiro atoms. The number of amides is 1. The van der Waals surface area contributed by atoms with Crippen molar-refractivity contribution in [1.82, 2.24) is 5.43 Å². The third-order valence-corrected chi connectivity index (χ3v) is 5.64. The number of halogens is 2. The number of piperidine rings is 1. The van der Waals surface area contributed by atoms with Crippen LogP contribution in [0.4, 0.5) is 0 Å². The Bertz CT molecular complexity index is 570. The fourth-order valence-electron chi connectivity index (χ4n) is 3.31. The summed E-state index contributed by atoms with van der Waals surface area (Å²) in [6.45, 7) is 2.63. The summed E-state index contributed by atoms with van der Waals surface area (Å²) >= 11 is 12.7. The van der Waals surface area contributed by atoms with E-state index in [-0.39, 0.29) is 17.7 Å². The van der Waals surface area contributed by atoms with Gasteiger partial charge < -0.3 is 4.90 Å². The molecule has 1 aromatic carbocycles. The van der Waals surface area contributed by atoms with Crippen LogP contribution in [-0.2, 0) is 4.79 Å². The highest BCUT2D eigenvalue weighted by molar-refractivity contribution is 6.53. The highest BCUT2D eigenvalue weighted by atomic mass is 35.5. The first-order valence-electron chi connectivity index (χ1n) is 8.17. The average molecular weight is 355 g/mol. The van der Waals surface area contributed by atoms with E-state index < -0.39 is 4.33 Å². The number of nitrogens with one attached hydrogen (secondary N) is 2. The molecule has 1 saturated carbocycles. The van der Waals surface area contributed by atoms with Crippen LogP contribution in [0.3, 0.4) is 0 Å². The number of carbonyl (C=O) groups excluding carboxylic acids is 1. The lowest BCUT2D eigenvalue weighted by atomic mass is 10.1. The van der Waals surface area contributed by atoms with Crippen LogP contribution in [0.1, 0.15) is 30.7 Å². The highest BCUT2D eigenvalue weighted by Crippen LogP contribution is 2.63. The minimum absolute atomic E-state index is 0.0282. The maximum Gasteiger partial charge on any atom is 0.295 e. The molecule has 1 aromatic rings. The number of alkyl halides is 2. The van der Waals surface area contributed by atoms with E-state index in [1.807, 2.05) is 30.3 Å². The Morgan fingerprint density at radius 3 is 2.65 bits per heavy atom. The van der Waals surface area contributed by atoms with Crippen molar-refractivity contribution in [2.24, 2.45) is 11.0 Å². The fourth-order valence-corrected chi connectivity index (χ4v) is 4.07. The molecule has 2 aliphatic rings. The summed E-state index contributed by atoms with van der Waals surface area (Å²) in [7, 11) is 0. The third kappa shape index (κ3) is 4.06. The van der Waals surface area contributed by atoms with Gasteiger partial charge in [-0.2, -0.15) is 5.10 Å². The SMILES string of the molecule is O=C(C[NH+]1CCCCC1)N/N=C\[C@H]1[C@H](c2ccccc2)C1(Cl)Cl. The quantitative estimate of drug-likeness (QED) is 0.472. The van der Waals surface area contributed by atoms with Gasteiger partial charge in [-0.05, 0) is 24.8 Å². The molecule has 1 heterocycles. The molecule has 0 bridgehead atoms. The van der Waals surface area contributed by atoms with E-state index in [1.165, 1.54) is 24.2 Å². The van der Waals surface area contributed by atoms with Gasteiger partial charge in [0.1, 0.15) is 4.33 Å². The number of likely N-dealkylation sites (tertiary alicyclic amines) is 1. The predicted molar refractivity (Wildman–Crippen MR) is 93.2 cm³/mol. The maximum absolute atomic E-state index is 11.9. The second-order valence-corrected chi connectivity index (χ2v) is 7.83. The number of hydrazone groups is 1. The van der Waals surface area contributed by atoms with Crippen molar-refractivity contribution in [1.29, 1.82) is 0 Å². The molecule has 1 saturated heterocycles. The van der Waals surface area contributed by atoms with Crippen molar-refractivity contribution < 1.29 is 9.69 Å². The number of hydrogen-bond acceptors (Lipinski definition) is 2. The van der Waals surface area contributed by atoms with Crippen molar-refractivity contribution in [2.75, 3.05) is 19.6 Å². The second-order valence-electron chi connectivity index (χ2n) is 6.39. The minimum atomic E-state index is -0.840. The standard InChI is InChI=1S/C17H21Cl2N3O/c18-17(19)14(16(17)13-7-3-1-4-8-13)11-20-21-15(23)12-22-9-5-2-6-10-22/h1,3-4,7-8,11,14,16H,2,5-6,9-10,12H2,(H,21,23)/p+1/b20-11-/t14-,16-/m0/s1. The Morgan fingerprint density at radius 1 is 1.26 bits per heavy atom. The molecular weight excluding hydrogens is 333 g/mol. The van der Waals surface area contributed by atoms with Gasteiger partial charge in [-0.3, -0.25) is 4.79 Å². The van der Waals surface area contributed by atoms with Gasteiger partial charge in [0.15, 0.2) is 6.54 Å². The first kappa shape index (κ1) is 16.7. The van der Waals surface area contributed by atoms with Gasteiger partial charge in [-0.15, -0.1) is 23.2 Å². The van der Waals surface area contributed by atoms with Crippen molar-refractivity contribution in [3.05, 3.63) is 35.9 Å². The van der Waals surface area contributed by atoms with E-state index in [4.69, 9.17) is 23.2 Å². The van der Waals surface area contributed by atoms with Crippen LogP contribution in [0.2, 0.25) is 0 Å². The Hall–Kier alpha value is -1.10. The Morgan fingerprint density at radius 2 is 1.96 bits per heavy atom. The zero-order valence-electron chi connectivity index (χ0n) is 13.0. The molecule has 4 nitrogen and oxygen atoms in total. The predicted octanol–water partition coefficient (Wildman–Crippen LogP) is 1.74. The van der Waals surface area contributed by atoms with E-state index in [0.717, 1.165) is 18.7 Å². The van der Waals surface area contributed by atoms with E-state index in [2.05, 4.69) is 10.5 Å². The van der Waals surface area contributed by atoms with Gasteiger partial charge in [0, 0.05) is 18.1 Å². The van der Waals surface area contributed by atoms with Gasteiger partial charge >= 0.3 is 0 Å². The van der Waals surface area contributed by atoms with Gasteiger partial charge in [-0.1, -0.05) is 30.3 Å². The lowest BCUT2D eigenvalue weighted by molar-refractivity contribution is -0.896. The molecular formula is C17H22Cl2N3O+. The third-order valence-electron chi connectivity index (χ3n) is 4.66. The van der Waals surface area contributed by atoms with Gasteiger partial charge in [0.25, 0.3) is 5.91 Å². The van der Waals surface area contributed by atoms with Crippen LogP contribution < -0.4 is 10.3 Å². The molecule has 2 fully saturated rings. The topological polar surface area (TPSA) is 45.9 Å². The molecule has 23 heavy (non-hydrogen) atoms. The van der Waals surface area contributed by atoms with Crippen LogP contribution in [0, 0.1) is 5.92 Å². The molecule has 3 rings (SSSR count). The normalized spacial score (nSPS) is 27.0. The van der Waals surface area contributed by atoms with Crippen LogP contribution in [0.25, 0.3) is 0 Å². The largest absolute Gasteiger partial charge is 0.327 e. The zero-order chi connectivity index (χ0) is 16.3. The van der Waals surface area contributed by atoms with Gasteiger partial charge in [0.05, 0.1) is 13.1 Å². The first-order valence-corrected chi connectivity index (χ1v) is 8.93. The van der Waals surface area contributed by atoms with Crippen LogP contribution in [0.15, 0.2) is 35.4 Å². The van der Waals surface area contributed by atoms with Crippen LogP contribution in [0.5, 0.6) is 0 Å². The average Bonchev–Trinajstić information content (AvgIpc) is 3.10. The van der Waals surface area contributed by atoms with E-state index in [1.54, 1.807) is 6.21 Å².